The van der Waals surface area contributed by atoms with E-state index in [9.17, 15) is 31.1 Å². The molecule has 0 radical (unpaired) electrons. The first-order valence-electron chi connectivity index (χ1n) is 5.28. The number of hydrogen-bond donors (Lipinski definition) is 2. The van der Waals surface area contributed by atoms with E-state index in [0.717, 1.165) is 6.07 Å². The van der Waals surface area contributed by atoms with Crippen molar-refractivity contribution in [1.82, 2.24) is 0 Å². The standard InChI is InChI=1S/C11H8F6N2OS/c12-10(13,14)4-8(20)19-7-2-1-5(11(15,16)17)3-6(7)9(18)21/h1-3H,4H2,(H2,18,21)(H,19,20). The van der Waals surface area contributed by atoms with Crippen molar-refractivity contribution in [3.05, 3.63) is 29.3 Å². The molecule has 0 spiro atoms. The van der Waals surface area contributed by atoms with E-state index in [0.29, 0.717) is 12.1 Å². The molecule has 0 saturated heterocycles. The zero-order valence-electron chi connectivity index (χ0n) is 10.1. The van der Waals surface area contributed by atoms with Gasteiger partial charge in [-0.2, -0.15) is 26.3 Å². The zero-order valence-corrected chi connectivity index (χ0v) is 10.9. The van der Waals surface area contributed by atoms with Gasteiger partial charge in [-0.15, -0.1) is 0 Å². The topological polar surface area (TPSA) is 55.1 Å². The monoisotopic (exact) mass is 330 g/mol. The van der Waals surface area contributed by atoms with Crippen molar-refractivity contribution in [3.8, 4) is 0 Å². The molecule has 1 rings (SSSR count). The lowest BCUT2D eigenvalue weighted by Crippen LogP contribution is -2.23. The SMILES string of the molecule is NC(=S)c1cc(C(F)(F)F)ccc1NC(=O)CC(F)(F)F. The Bertz CT molecular complexity index is 567. The van der Waals surface area contributed by atoms with Gasteiger partial charge in [0.25, 0.3) is 0 Å². The number of anilines is 1. The Labute approximate surface area is 120 Å². The van der Waals surface area contributed by atoms with Crippen LogP contribution < -0.4 is 11.1 Å². The van der Waals surface area contributed by atoms with Gasteiger partial charge in [-0.1, -0.05) is 12.2 Å². The molecule has 1 aromatic carbocycles. The summed E-state index contributed by atoms with van der Waals surface area (Å²) in [6.07, 6.45) is -11.2. The van der Waals surface area contributed by atoms with E-state index < -0.39 is 35.2 Å². The molecule has 0 bridgehead atoms. The van der Waals surface area contributed by atoms with Gasteiger partial charge in [-0.05, 0) is 18.2 Å². The van der Waals surface area contributed by atoms with Crippen LogP contribution in [0.1, 0.15) is 17.5 Å². The number of carbonyl (C=O) groups is 1. The van der Waals surface area contributed by atoms with Gasteiger partial charge in [0.1, 0.15) is 11.4 Å². The number of rotatable bonds is 3. The van der Waals surface area contributed by atoms with Crippen LogP contribution >= 0.6 is 12.2 Å². The van der Waals surface area contributed by atoms with Crippen molar-refractivity contribution in [2.45, 2.75) is 18.8 Å². The highest BCUT2D eigenvalue weighted by atomic mass is 32.1. The molecular weight excluding hydrogens is 322 g/mol. The van der Waals surface area contributed by atoms with Crippen LogP contribution in [0.15, 0.2) is 18.2 Å². The van der Waals surface area contributed by atoms with Crippen LogP contribution in [0, 0.1) is 0 Å². The summed E-state index contributed by atoms with van der Waals surface area (Å²) in [6, 6.07) is 1.96. The Kier molecular flexibility index (Phi) is 4.82. The smallest absolute Gasteiger partial charge is 0.389 e. The summed E-state index contributed by atoms with van der Waals surface area (Å²) in [5.74, 6) is -1.43. The fourth-order valence-electron chi connectivity index (χ4n) is 1.41. The van der Waals surface area contributed by atoms with Crippen molar-refractivity contribution in [2.75, 3.05) is 5.32 Å². The lowest BCUT2D eigenvalue weighted by atomic mass is 10.1. The molecule has 1 amide bonds. The number of carbonyl (C=O) groups excluding carboxylic acids is 1. The molecule has 0 aromatic heterocycles. The predicted octanol–water partition coefficient (Wildman–Crippen LogP) is 3.23. The summed E-state index contributed by atoms with van der Waals surface area (Å²) in [5.41, 5.74) is 3.46. The van der Waals surface area contributed by atoms with Gasteiger partial charge in [0.15, 0.2) is 0 Å². The number of nitrogens with one attached hydrogen (secondary N) is 1. The van der Waals surface area contributed by atoms with Crippen LogP contribution in [-0.4, -0.2) is 17.1 Å². The van der Waals surface area contributed by atoms with Crippen molar-refractivity contribution in [3.63, 3.8) is 0 Å². The third-order valence-electron chi connectivity index (χ3n) is 2.25. The van der Waals surface area contributed by atoms with Crippen LogP contribution in [0.25, 0.3) is 0 Å². The first-order chi connectivity index (χ1) is 9.40. The van der Waals surface area contributed by atoms with Crippen LogP contribution in [-0.2, 0) is 11.0 Å². The van der Waals surface area contributed by atoms with Gasteiger partial charge in [0, 0.05) is 5.56 Å². The zero-order chi connectivity index (χ0) is 16.4. The predicted molar refractivity (Wildman–Crippen MR) is 66.6 cm³/mol. The van der Waals surface area contributed by atoms with Gasteiger partial charge in [0.05, 0.1) is 11.3 Å². The van der Waals surface area contributed by atoms with E-state index in [1.165, 1.54) is 0 Å². The minimum atomic E-state index is -4.74. The van der Waals surface area contributed by atoms with Crippen molar-refractivity contribution >= 4 is 28.8 Å². The molecule has 0 heterocycles. The van der Waals surface area contributed by atoms with E-state index in [-0.39, 0.29) is 11.3 Å². The minimum Gasteiger partial charge on any atom is -0.389 e. The highest BCUT2D eigenvalue weighted by Crippen LogP contribution is 2.32. The second kappa shape index (κ2) is 5.88. The number of alkyl halides is 6. The summed E-state index contributed by atoms with van der Waals surface area (Å²) < 4.78 is 73.7. The number of hydrogen-bond acceptors (Lipinski definition) is 2. The Morgan fingerprint density at radius 1 is 1.19 bits per heavy atom. The molecule has 0 fully saturated rings. The number of thiocarbonyl (C=S) groups is 1. The fraction of sp³-hybridized carbons (Fsp3) is 0.273. The maximum atomic E-state index is 12.5. The van der Waals surface area contributed by atoms with Crippen LogP contribution in [0.5, 0.6) is 0 Å². The Morgan fingerprint density at radius 2 is 1.76 bits per heavy atom. The lowest BCUT2D eigenvalue weighted by Gasteiger charge is -2.14. The number of halogens is 6. The van der Waals surface area contributed by atoms with E-state index in [2.05, 4.69) is 12.2 Å². The summed E-state index contributed by atoms with van der Waals surface area (Å²) in [4.78, 5) is 10.7. The van der Waals surface area contributed by atoms with Crippen molar-refractivity contribution in [1.29, 1.82) is 0 Å². The molecule has 0 unspecified atom stereocenters. The van der Waals surface area contributed by atoms with Crippen molar-refractivity contribution in [2.24, 2.45) is 5.73 Å². The van der Waals surface area contributed by atoms with Crippen LogP contribution in [0.3, 0.4) is 0 Å². The van der Waals surface area contributed by atoms with E-state index in [1.54, 1.807) is 0 Å². The Morgan fingerprint density at radius 3 is 2.19 bits per heavy atom. The number of nitrogens with two attached hydrogens (primary N) is 1. The quantitative estimate of drug-likeness (QED) is 0.661. The molecule has 10 heteroatoms. The van der Waals surface area contributed by atoms with Crippen LogP contribution in [0.2, 0.25) is 0 Å². The molecular formula is C11H8F6N2OS. The highest BCUT2D eigenvalue weighted by molar-refractivity contribution is 7.80. The third kappa shape index (κ3) is 5.21. The molecule has 1 aromatic rings. The molecule has 3 N–H and O–H groups in total. The number of benzene rings is 1. The number of amides is 1. The summed E-state index contributed by atoms with van der Waals surface area (Å²) >= 11 is 4.53. The maximum absolute atomic E-state index is 12.5. The van der Waals surface area contributed by atoms with Gasteiger partial charge in [0.2, 0.25) is 5.91 Å². The molecule has 0 aliphatic heterocycles. The van der Waals surface area contributed by atoms with E-state index >= 15 is 0 Å². The van der Waals surface area contributed by atoms with E-state index in [4.69, 9.17) is 5.73 Å². The Hall–Kier alpha value is -1.84. The summed E-state index contributed by atoms with van der Waals surface area (Å²) in [7, 11) is 0. The summed E-state index contributed by atoms with van der Waals surface area (Å²) in [6.45, 7) is 0. The fourth-order valence-corrected chi connectivity index (χ4v) is 1.58. The summed E-state index contributed by atoms with van der Waals surface area (Å²) in [5, 5.41) is 1.83. The average molecular weight is 330 g/mol. The molecule has 0 aliphatic rings. The van der Waals surface area contributed by atoms with E-state index in [1.807, 2.05) is 5.32 Å². The normalized spacial score (nSPS) is 12.1. The first-order valence-corrected chi connectivity index (χ1v) is 5.68. The van der Waals surface area contributed by atoms with Crippen LogP contribution in [0.4, 0.5) is 32.0 Å². The molecule has 3 nitrogen and oxygen atoms in total. The van der Waals surface area contributed by atoms with Crippen molar-refractivity contribution < 1.29 is 31.1 Å². The Balaban J connectivity index is 3.08. The lowest BCUT2D eigenvalue weighted by molar-refractivity contribution is -0.150. The molecule has 116 valence electrons. The molecule has 0 aliphatic carbocycles. The van der Waals surface area contributed by atoms with Gasteiger partial charge in [-0.25, -0.2) is 0 Å². The second-order valence-corrected chi connectivity index (χ2v) is 4.40. The van der Waals surface area contributed by atoms with Gasteiger partial charge >= 0.3 is 12.4 Å². The second-order valence-electron chi connectivity index (χ2n) is 3.96. The largest absolute Gasteiger partial charge is 0.416 e. The molecule has 0 saturated carbocycles. The molecule has 21 heavy (non-hydrogen) atoms. The minimum absolute atomic E-state index is 0.315. The average Bonchev–Trinajstić information content (AvgIpc) is 2.24. The van der Waals surface area contributed by atoms with Gasteiger partial charge in [-0.3, -0.25) is 4.79 Å². The van der Waals surface area contributed by atoms with Gasteiger partial charge < -0.3 is 11.1 Å². The molecule has 0 atom stereocenters. The first kappa shape index (κ1) is 17.2. The third-order valence-corrected chi connectivity index (χ3v) is 2.47. The maximum Gasteiger partial charge on any atom is 0.416 e. The highest BCUT2D eigenvalue weighted by Gasteiger charge is 2.33.